The van der Waals surface area contributed by atoms with E-state index in [0.717, 1.165) is 44.6 Å². The molecule has 2 rings (SSSR count). The van der Waals surface area contributed by atoms with Gasteiger partial charge in [0.1, 0.15) is 6.10 Å². The molecule has 1 aromatic heterocycles. The van der Waals surface area contributed by atoms with Gasteiger partial charge in [0.05, 0.1) is 5.02 Å². The van der Waals surface area contributed by atoms with E-state index in [1.54, 1.807) is 6.20 Å². The van der Waals surface area contributed by atoms with E-state index in [2.05, 4.69) is 29.2 Å². The van der Waals surface area contributed by atoms with Gasteiger partial charge in [-0.1, -0.05) is 18.5 Å². The van der Waals surface area contributed by atoms with Gasteiger partial charge in [-0.2, -0.15) is 0 Å². The molecule has 0 saturated carbocycles. The number of nitrogens with one attached hydrogen (secondary N) is 1. The van der Waals surface area contributed by atoms with Crippen molar-refractivity contribution in [2.75, 3.05) is 26.7 Å². The van der Waals surface area contributed by atoms with Gasteiger partial charge in [-0.05, 0) is 32.0 Å². The number of likely N-dealkylation sites (tertiary alicyclic amines) is 1. The zero-order valence-corrected chi connectivity index (χ0v) is 12.4. The van der Waals surface area contributed by atoms with Crippen molar-refractivity contribution in [2.45, 2.75) is 32.4 Å². The highest BCUT2D eigenvalue weighted by Crippen LogP contribution is 2.22. The SMILES string of the molecule is CCNCc1cc(OC2CCN(C)CC2)ncc1Cl. The lowest BCUT2D eigenvalue weighted by Gasteiger charge is -2.29. The molecule has 1 aliphatic rings. The lowest BCUT2D eigenvalue weighted by molar-refractivity contribution is 0.110. The lowest BCUT2D eigenvalue weighted by atomic mass is 10.1. The van der Waals surface area contributed by atoms with Gasteiger partial charge in [0.2, 0.25) is 5.88 Å². The van der Waals surface area contributed by atoms with Crippen LogP contribution in [0.1, 0.15) is 25.3 Å². The van der Waals surface area contributed by atoms with Gasteiger partial charge in [-0.25, -0.2) is 4.98 Å². The summed E-state index contributed by atoms with van der Waals surface area (Å²) in [6.07, 6.45) is 4.07. The number of piperidine rings is 1. The van der Waals surface area contributed by atoms with Crippen LogP contribution >= 0.6 is 11.6 Å². The van der Waals surface area contributed by atoms with Gasteiger partial charge in [-0.15, -0.1) is 0 Å². The van der Waals surface area contributed by atoms with Crippen LogP contribution in [0.3, 0.4) is 0 Å². The van der Waals surface area contributed by atoms with Gasteiger partial charge in [0, 0.05) is 31.9 Å². The minimum Gasteiger partial charge on any atom is -0.474 e. The first-order chi connectivity index (χ1) is 9.19. The molecule has 0 bridgehead atoms. The molecule has 0 atom stereocenters. The maximum atomic E-state index is 6.13. The summed E-state index contributed by atoms with van der Waals surface area (Å²) in [5.74, 6) is 0.687. The first kappa shape index (κ1) is 14.6. The van der Waals surface area contributed by atoms with Crippen LogP contribution in [0.2, 0.25) is 5.02 Å². The predicted octanol–water partition coefficient (Wildman–Crippen LogP) is 2.32. The van der Waals surface area contributed by atoms with E-state index in [1.807, 2.05) is 6.07 Å². The molecule has 4 nitrogen and oxygen atoms in total. The largest absolute Gasteiger partial charge is 0.474 e. The van der Waals surface area contributed by atoms with Crippen LogP contribution in [0, 0.1) is 0 Å². The van der Waals surface area contributed by atoms with E-state index in [1.165, 1.54) is 0 Å². The minimum absolute atomic E-state index is 0.275. The smallest absolute Gasteiger partial charge is 0.213 e. The maximum absolute atomic E-state index is 6.13. The Kier molecular flexibility index (Phi) is 5.43. The fourth-order valence-corrected chi connectivity index (χ4v) is 2.36. The number of pyridine rings is 1. The first-order valence-corrected chi connectivity index (χ1v) is 7.27. The molecule has 1 N–H and O–H groups in total. The molecule has 1 aromatic rings. The molecule has 106 valence electrons. The van der Waals surface area contributed by atoms with Crippen LogP contribution in [0.5, 0.6) is 5.88 Å². The highest BCUT2D eigenvalue weighted by molar-refractivity contribution is 6.31. The Hall–Kier alpha value is -0.840. The van der Waals surface area contributed by atoms with Gasteiger partial charge >= 0.3 is 0 Å². The molecule has 0 radical (unpaired) electrons. The summed E-state index contributed by atoms with van der Waals surface area (Å²) >= 11 is 6.13. The Labute approximate surface area is 120 Å². The molecule has 19 heavy (non-hydrogen) atoms. The molecule has 0 spiro atoms. The molecular formula is C14H22ClN3O. The van der Waals surface area contributed by atoms with Crippen molar-refractivity contribution in [1.29, 1.82) is 0 Å². The summed E-state index contributed by atoms with van der Waals surface area (Å²) in [6, 6.07) is 1.95. The van der Waals surface area contributed by atoms with Gasteiger partial charge in [0.15, 0.2) is 0 Å². The van der Waals surface area contributed by atoms with E-state index in [0.29, 0.717) is 10.9 Å². The second-order valence-electron chi connectivity index (χ2n) is 5.01. The third kappa shape index (κ3) is 4.34. The second kappa shape index (κ2) is 7.08. The molecule has 0 aliphatic carbocycles. The first-order valence-electron chi connectivity index (χ1n) is 6.89. The third-order valence-corrected chi connectivity index (χ3v) is 3.77. The summed E-state index contributed by atoms with van der Waals surface area (Å²) in [5.41, 5.74) is 1.04. The third-order valence-electron chi connectivity index (χ3n) is 3.43. The number of nitrogens with zero attached hydrogens (tertiary/aromatic N) is 2. The van der Waals surface area contributed by atoms with Crippen LogP contribution in [0.15, 0.2) is 12.3 Å². The number of halogens is 1. The zero-order valence-electron chi connectivity index (χ0n) is 11.7. The average molecular weight is 284 g/mol. The Morgan fingerprint density at radius 2 is 2.21 bits per heavy atom. The van der Waals surface area contributed by atoms with E-state index in [4.69, 9.17) is 16.3 Å². The van der Waals surface area contributed by atoms with Crippen LogP contribution in [0.25, 0.3) is 0 Å². The molecule has 0 unspecified atom stereocenters. The number of hydrogen-bond donors (Lipinski definition) is 1. The highest BCUT2D eigenvalue weighted by atomic mass is 35.5. The zero-order chi connectivity index (χ0) is 13.7. The molecule has 0 aromatic carbocycles. The average Bonchev–Trinajstić information content (AvgIpc) is 2.42. The highest BCUT2D eigenvalue weighted by Gasteiger charge is 2.18. The molecule has 0 amide bonds. The number of rotatable bonds is 5. The van der Waals surface area contributed by atoms with E-state index in [-0.39, 0.29) is 6.10 Å². The Morgan fingerprint density at radius 3 is 2.89 bits per heavy atom. The maximum Gasteiger partial charge on any atom is 0.213 e. The Bertz CT molecular complexity index is 406. The number of hydrogen-bond acceptors (Lipinski definition) is 4. The second-order valence-corrected chi connectivity index (χ2v) is 5.42. The van der Waals surface area contributed by atoms with Gasteiger partial charge in [-0.3, -0.25) is 0 Å². The number of aromatic nitrogens is 1. The predicted molar refractivity (Wildman–Crippen MR) is 77.8 cm³/mol. The Morgan fingerprint density at radius 1 is 1.47 bits per heavy atom. The molecule has 5 heteroatoms. The molecule has 1 saturated heterocycles. The normalized spacial score (nSPS) is 17.6. The topological polar surface area (TPSA) is 37.4 Å². The summed E-state index contributed by atoms with van der Waals surface area (Å²) in [6.45, 7) is 5.92. The van der Waals surface area contributed by atoms with E-state index in [9.17, 15) is 0 Å². The van der Waals surface area contributed by atoms with Crippen molar-refractivity contribution >= 4 is 11.6 Å². The molecular weight excluding hydrogens is 262 g/mol. The van der Waals surface area contributed by atoms with Crippen LogP contribution < -0.4 is 10.1 Å². The van der Waals surface area contributed by atoms with E-state index >= 15 is 0 Å². The van der Waals surface area contributed by atoms with Crippen LogP contribution in [-0.2, 0) is 6.54 Å². The van der Waals surface area contributed by atoms with E-state index < -0.39 is 0 Å². The van der Waals surface area contributed by atoms with Crippen molar-refractivity contribution < 1.29 is 4.74 Å². The Balaban J connectivity index is 1.96. The summed E-state index contributed by atoms with van der Waals surface area (Å²) < 4.78 is 5.96. The van der Waals surface area contributed by atoms with Crippen molar-refractivity contribution in [3.63, 3.8) is 0 Å². The van der Waals surface area contributed by atoms with Crippen molar-refractivity contribution in [2.24, 2.45) is 0 Å². The standard InChI is InChI=1S/C14H22ClN3O/c1-3-16-9-11-8-14(17-10-13(11)15)19-12-4-6-18(2)7-5-12/h8,10,12,16H,3-7,9H2,1-2H3. The summed E-state index contributed by atoms with van der Waals surface area (Å²) in [7, 11) is 2.14. The van der Waals surface area contributed by atoms with Gasteiger partial charge in [0.25, 0.3) is 0 Å². The minimum atomic E-state index is 0.275. The molecule has 1 aliphatic heterocycles. The van der Waals surface area contributed by atoms with Crippen LogP contribution in [-0.4, -0.2) is 42.7 Å². The lowest BCUT2D eigenvalue weighted by Crippen LogP contribution is -2.35. The molecule has 1 fully saturated rings. The monoisotopic (exact) mass is 283 g/mol. The quantitative estimate of drug-likeness (QED) is 0.900. The van der Waals surface area contributed by atoms with Crippen LogP contribution in [0.4, 0.5) is 0 Å². The number of ether oxygens (including phenoxy) is 1. The molecule has 2 heterocycles. The van der Waals surface area contributed by atoms with Crippen molar-refractivity contribution in [3.05, 3.63) is 22.8 Å². The fourth-order valence-electron chi connectivity index (χ4n) is 2.19. The summed E-state index contributed by atoms with van der Waals surface area (Å²) in [5, 5.41) is 3.96. The van der Waals surface area contributed by atoms with Gasteiger partial charge < -0.3 is 15.0 Å². The van der Waals surface area contributed by atoms with Crippen molar-refractivity contribution in [3.8, 4) is 5.88 Å². The fraction of sp³-hybridized carbons (Fsp3) is 0.643. The van der Waals surface area contributed by atoms with Crippen molar-refractivity contribution in [1.82, 2.24) is 15.2 Å². The summed E-state index contributed by atoms with van der Waals surface area (Å²) in [4.78, 5) is 6.59.